The van der Waals surface area contributed by atoms with Crippen molar-refractivity contribution in [2.24, 2.45) is 0 Å². The van der Waals surface area contributed by atoms with Crippen molar-refractivity contribution >= 4 is 16.8 Å². The molecule has 3 aromatic rings. The number of amides is 1. The topological polar surface area (TPSA) is 75.9 Å². The molecule has 4 heterocycles. The fourth-order valence-electron chi connectivity index (χ4n) is 4.18. The fraction of sp³-hybridized carbons (Fsp3) is 0.429. The summed E-state index contributed by atoms with van der Waals surface area (Å²) in [5, 5.41) is 8.97. The van der Waals surface area contributed by atoms with E-state index in [1.54, 1.807) is 0 Å². The van der Waals surface area contributed by atoms with E-state index < -0.39 is 0 Å². The van der Waals surface area contributed by atoms with E-state index in [-0.39, 0.29) is 11.9 Å². The van der Waals surface area contributed by atoms with E-state index in [1.165, 1.54) is 6.42 Å². The molecule has 0 unspecified atom stereocenters. The maximum atomic E-state index is 12.7. The summed E-state index contributed by atoms with van der Waals surface area (Å²) >= 11 is 0. The fourth-order valence-corrected chi connectivity index (χ4v) is 4.18. The Kier molecular flexibility index (Phi) is 4.52. The summed E-state index contributed by atoms with van der Waals surface area (Å²) in [6, 6.07) is 8.37. The Balaban J connectivity index is 1.23. The van der Waals surface area contributed by atoms with E-state index in [0.717, 1.165) is 53.9 Å². The lowest BCUT2D eigenvalue weighted by Crippen LogP contribution is -2.37. The van der Waals surface area contributed by atoms with Gasteiger partial charge in [-0.3, -0.25) is 9.48 Å². The lowest BCUT2D eigenvalue weighted by atomic mass is 10.1. The predicted octanol–water partition coefficient (Wildman–Crippen LogP) is 2.23. The number of aromatic nitrogens is 4. The summed E-state index contributed by atoms with van der Waals surface area (Å²) in [4.78, 5) is 24.0. The zero-order valence-electron chi connectivity index (χ0n) is 15.8. The first-order valence-corrected chi connectivity index (χ1v) is 10.0. The van der Waals surface area contributed by atoms with Crippen molar-refractivity contribution in [1.82, 2.24) is 30.0 Å². The van der Waals surface area contributed by atoms with Crippen molar-refractivity contribution in [1.29, 1.82) is 0 Å². The summed E-state index contributed by atoms with van der Waals surface area (Å²) in [5.74, 6) is 1.06. The van der Waals surface area contributed by atoms with Gasteiger partial charge in [0, 0.05) is 43.1 Å². The third kappa shape index (κ3) is 3.26. The number of nitrogens with zero attached hydrogens (tertiary/aromatic N) is 5. The molecule has 1 amide bonds. The number of fused-ring (bicyclic) bond motifs is 2. The highest BCUT2D eigenvalue weighted by Gasteiger charge is 2.25. The minimum Gasteiger partial charge on any atom is -0.338 e. The Labute approximate surface area is 163 Å². The SMILES string of the molecule is O=C(CCn1ncc2ccccc21)N1CCc2nc([C@H]3CCCN3)ncc2C1. The third-order valence-corrected chi connectivity index (χ3v) is 5.77. The smallest absolute Gasteiger partial charge is 0.224 e. The van der Waals surface area contributed by atoms with Crippen LogP contribution >= 0.6 is 0 Å². The number of carbonyl (C=O) groups excluding carboxylic acids is 1. The number of rotatable bonds is 4. The zero-order valence-corrected chi connectivity index (χ0v) is 15.8. The first-order valence-electron chi connectivity index (χ1n) is 10.0. The molecule has 2 aliphatic rings. The summed E-state index contributed by atoms with van der Waals surface area (Å²) in [6.45, 7) is 2.96. The Morgan fingerprint density at radius 1 is 1.25 bits per heavy atom. The maximum absolute atomic E-state index is 12.7. The lowest BCUT2D eigenvalue weighted by molar-refractivity contribution is -0.132. The van der Waals surface area contributed by atoms with E-state index in [1.807, 2.05) is 46.2 Å². The minimum atomic E-state index is 0.159. The molecule has 7 heteroatoms. The van der Waals surface area contributed by atoms with Gasteiger partial charge in [-0.25, -0.2) is 9.97 Å². The van der Waals surface area contributed by atoms with Gasteiger partial charge in [0.2, 0.25) is 5.91 Å². The van der Waals surface area contributed by atoms with Crippen LogP contribution in [-0.4, -0.2) is 43.6 Å². The maximum Gasteiger partial charge on any atom is 0.224 e. The van der Waals surface area contributed by atoms with Gasteiger partial charge in [0.25, 0.3) is 0 Å². The minimum absolute atomic E-state index is 0.159. The highest BCUT2D eigenvalue weighted by molar-refractivity contribution is 5.79. The predicted molar refractivity (Wildman–Crippen MR) is 105 cm³/mol. The van der Waals surface area contributed by atoms with Gasteiger partial charge in [0.15, 0.2) is 0 Å². The Morgan fingerprint density at radius 3 is 3.07 bits per heavy atom. The van der Waals surface area contributed by atoms with Crippen LogP contribution in [0.1, 0.15) is 42.4 Å². The monoisotopic (exact) mass is 376 g/mol. The molecule has 1 N–H and O–H groups in total. The second-order valence-electron chi connectivity index (χ2n) is 7.59. The molecule has 0 radical (unpaired) electrons. The van der Waals surface area contributed by atoms with Crippen LogP contribution in [0, 0.1) is 0 Å². The van der Waals surface area contributed by atoms with Crippen molar-refractivity contribution < 1.29 is 4.79 Å². The number of hydrogen-bond donors (Lipinski definition) is 1. The highest BCUT2D eigenvalue weighted by Crippen LogP contribution is 2.23. The molecule has 1 atom stereocenters. The van der Waals surface area contributed by atoms with Crippen LogP contribution in [0.25, 0.3) is 10.9 Å². The molecule has 2 aliphatic heterocycles. The Bertz CT molecular complexity index is 1010. The molecule has 0 aliphatic carbocycles. The van der Waals surface area contributed by atoms with Gasteiger partial charge in [-0.05, 0) is 25.5 Å². The number of benzene rings is 1. The van der Waals surface area contributed by atoms with Gasteiger partial charge in [-0.15, -0.1) is 0 Å². The summed E-state index contributed by atoms with van der Waals surface area (Å²) in [5.41, 5.74) is 3.24. The van der Waals surface area contributed by atoms with Crippen molar-refractivity contribution in [2.45, 2.75) is 44.8 Å². The average Bonchev–Trinajstić information content (AvgIpc) is 3.41. The second kappa shape index (κ2) is 7.31. The molecule has 1 saturated heterocycles. The Hall–Kier alpha value is -2.80. The van der Waals surface area contributed by atoms with Gasteiger partial charge in [0.05, 0.1) is 30.0 Å². The van der Waals surface area contributed by atoms with Crippen LogP contribution in [0.2, 0.25) is 0 Å². The van der Waals surface area contributed by atoms with Crippen molar-refractivity contribution in [2.75, 3.05) is 13.1 Å². The standard InChI is InChI=1S/C21H24N6O/c28-20(8-11-27-19-6-2-1-4-15(19)13-24-27)26-10-7-17-16(14-26)12-23-21(25-17)18-5-3-9-22-18/h1-2,4,6,12-13,18,22H,3,5,7-11,14H2/t18-/m1/s1. The normalized spacial score (nSPS) is 19.1. The van der Waals surface area contributed by atoms with Gasteiger partial charge in [0.1, 0.15) is 5.82 Å². The van der Waals surface area contributed by atoms with Crippen LogP contribution in [0.5, 0.6) is 0 Å². The molecular weight excluding hydrogens is 352 g/mol. The number of hydrogen-bond acceptors (Lipinski definition) is 5. The van der Waals surface area contributed by atoms with Crippen LogP contribution < -0.4 is 5.32 Å². The van der Waals surface area contributed by atoms with Crippen LogP contribution in [0.15, 0.2) is 36.7 Å². The van der Waals surface area contributed by atoms with Crippen LogP contribution in [-0.2, 0) is 24.3 Å². The largest absolute Gasteiger partial charge is 0.338 e. The van der Waals surface area contributed by atoms with E-state index in [9.17, 15) is 4.79 Å². The molecule has 0 spiro atoms. The highest BCUT2D eigenvalue weighted by atomic mass is 16.2. The third-order valence-electron chi connectivity index (χ3n) is 5.77. The molecule has 1 aromatic carbocycles. The molecule has 0 saturated carbocycles. The molecule has 1 fully saturated rings. The van der Waals surface area contributed by atoms with Crippen molar-refractivity contribution in [3.8, 4) is 0 Å². The van der Waals surface area contributed by atoms with Gasteiger partial charge in [-0.2, -0.15) is 5.10 Å². The number of aryl methyl sites for hydroxylation is 1. The van der Waals surface area contributed by atoms with Crippen LogP contribution in [0.3, 0.4) is 0 Å². The molecule has 2 aromatic heterocycles. The zero-order chi connectivity index (χ0) is 18.9. The van der Waals surface area contributed by atoms with Gasteiger partial charge < -0.3 is 10.2 Å². The average molecular weight is 376 g/mol. The number of nitrogens with one attached hydrogen (secondary N) is 1. The molecule has 28 heavy (non-hydrogen) atoms. The molecule has 5 rings (SSSR count). The number of carbonyl (C=O) groups is 1. The lowest BCUT2D eigenvalue weighted by Gasteiger charge is -2.28. The van der Waals surface area contributed by atoms with Crippen molar-refractivity contribution in [3.63, 3.8) is 0 Å². The molecule has 144 valence electrons. The first-order chi connectivity index (χ1) is 13.8. The molecule has 0 bridgehead atoms. The summed E-state index contributed by atoms with van der Waals surface area (Å²) in [7, 11) is 0. The van der Waals surface area contributed by atoms with Crippen molar-refractivity contribution in [3.05, 3.63) is 53.7 Å². The molecule has 7 nitrogen and oxygen atoms in total. The second-order valence-corrected chi connectivity index (χ2v) is 7.59. The Morgan fingerprint density at radius 2 is 2.18 bits per heavy atom. The van der Waals surface area contributed by atoms with E-state index in [4.69, 9.17) is 4.98 Å². The first kappa shape index (κ1) is 17.3. The van der Waals surface area contributed by atoms with Gasteiger partial charge in [-0.1, -0.05) is 18.2 Å². The van der Waals surface area contributed by atoms with Gasteiger partial charge >= 0.3 is 0 Å². The van der Waals surface area contributed by atoms with Crippen LogP contribution in [0.4, 0.5) is 0 Å². The van der Waals surface area contributed by atoms with E-state index in [2.05, 4.69) is 15.4 Å². The molecular formula is C21H24N6O. The summed E-state index contributed by atoms with van der Waals surface area (Å²) < 4.78 is 1.91. The quantitative estimate of drug-likeness (QED) is 0.756. The van der Waals surface area contributed by atoms with E-state index >= 15 is 0 Å². The number of para-hydroxylation sites is 1. The summed E-state index contributed by atoms with van der Waals surface area (Å²) in [6.07, 6.45) is 7.30. The van der Waals surface area contributed by atoms with E-state index in [0.29, 0.717) is 19.5 Å².